The molecule has 6 heteroatoms. The summed E-state index contributed by atoms with van der Waals surface area (Å²) in [4.78, 5) is 2.30. The quantitative estimate of drug-likeness (QED) is 0.854. The molecule has 1 aliphatic carbocycles. The normalized spacial score (nSPS) is 28.7. The molecule has 0 amide bonds. The Morgan fingerprint density at radius 2 is 2.28 bits per heavy atom. The van der Waals surface area contributed by atoms with Gasteiger partial charge in [-0.3, -0.25) is 4.57 Å². The van der Waals surface area contributed by atoms with E-state index < -0.39 is 0 Å². The Balaban J connectivity index is 1.88. The molecule has 1 aromatic heterocycles. The van der Waals surface area contributed by atoms with Crippen molar-refractivity contribution in [2.45, 2.75) is 44.2 Å². The van der Waals surface area contributed by atoms with Gasteiger partial charge in [0.15, 0.2) is 4.77 Å². The van der Waals surface area contributed by atoms with Crippen LogP contribution in [0.3, 0.4) is 0 Å². The fourth-order valence-electron chi connectivity index (χ4n) is 2.72. The Labute approximate surface area is 112 Å². The molecule has 3 rings (SSSR count). The second kappa shape index (κ2) is 4.35. The van der Waals surface area contributed by atoms with Crippen molar-refractivity contribution in [2.75, 3.05) is 25.1 Å². The van der Waals surface area contributed by atoms with Crippen LogP contribution in [0.5, 0.6) is 0 Å². The molecular weight excluding hydrogens is 248 g/mol. The minimum atomic E-state index is -0.0692. The van der Waals surface area contributed by atoms with Gasteiger partial charge >= 0.3 is 0 Å². The predicted octanol–water partition coefficient (Wildman–Crippen LogP) is 2.28. The number of hydrogen-bond donors (Lipinski definition) is 1. The SMILES string of the molecule is COC1(C)CCCN(c2n[nH]c(=S)n2C2CC2)C1. The van der Waals surface area contributed by atoms with Crippen LogP contribution in [0.25, 0.3) is 0 Å². The third kappa shape index (κ3) is 2.07. The smallest absolute Gasteiger partial charge is 0.226 e. The van der Waals surface area contributed by atoms with E-state index in [0.29, 0.717) is 6.04 Å². The van der Waals surface area contributed by atoms with E-state index in [1.165, 1.54) is 12.8 Å². The third-order valence-electron chi connectivity index (χ3n) is 4.03. The zero-order chi connectivity index (χ0) is 12.8. The lowest BCUT2D eigenvalue weighted by Crippen LogP contribution is -2.48. The molecule has 1 atom stereocenters. The van der Waals surface area contributed by atoms with E-state index in [1.807, 2.05) is 0 Å². The minimum Gasteiger partial charge on any atom is -0.377 e. The highest BCUT2D eigenvalue weighted by molar-refractivity contribution is 7.71. The van der Waals surface area contributed by atoms with Gasteiger partial charge in [0.25, 0.3) is 0 Å². The predicted molar refractivity (Wildman–Crippen MR) is 72.5 cm³/mol. The topological polar surface area (TPSA) is 46.1 Å². The van der Waals surface area contributed by atoms with E-state index >= 15 is 0 Å². The number of aromatic amines is 1. The highest BCUT2D eigenvalue weighted by Crippen LogP contribution is 2.38. The molecule has 2 aliphatic rings. The van der Waals surface area contributed by atoms with Gasteiger partial charge in [-0.05, 0) is 44.8 Å². The summed E-state index contributed by atoms with van der Waals surface area (Å²) in [5, 5.41) is 7.35. The Morgan fingerprint density at radius 1 is 1.50 bits per heavy atom. The maximum Gasteiger partial charge on any atom is 0.226 e. The number of nitrogens with zero attached hydrogens (tertiary/aromatic N) is 3. The first-order valence-corrected chi connectivity index (χ1v) is 7.01. The number of hydrogen-bond acceptors (Lipinski definition) is 4. The highest BCUT2D eigenvalue weighted by atomic mass is 32.1. The van der Waals surface area contributed by atoms with Gasteiger partial charge in [-0.15, -0.1) is 5.10 Å². The molecule has 100 valence electrons. The highest BCUT2D eigenvalue weighted by Gasteiger charge is 2.35. The van der Waals surface area contributed by atoms with Crippen molar-refractivity contribution < 1.29 is 4.74 Å². The zero-order valence-electron chi connectivity index (χ0n) is 11.0. The number of rotatable bonds is 3. The molecule has 1 saturated heterocycles. The lowest BCUT2D eigenvalue weighted by Gasteiger charge is -2.39. The van der Waals surface area contributed by atoms with Gasteiger partial charge in [0.05, 0.1) is 5.60 Å². The van der Waals surface area contributed by atoms with Gasteiger partial charge < -0.3 is 9.64 Å². The van der Waals surface area contributed by atoms with Crippen LogP contribution in [0.15, 0.2) is 0 Å². The van der Waals surface area contributed by atoms with Crippen LogP contribution >= 0.6 is 12.2 Å². The Bertz CT molecular complexity index is 493. The van der Waals surface area contributed by atoms with E-state index in [9.17, 15) is 0 Å². The van der Waals surface area contributed by atoms with Gasteiger partial charge in [-0.2, -0.15) is 0 Å². The fraction of sp³-hybridized carbons (Fsp3) is 0.833. The first-order chi connectivity index (χ1) is 8.63. The monoisotopic (exact) mass is 268 g/mol. The molecular formula is C12H20N4OS. The summed E-state index contributed by atoms with van der Waals surface area (Å²) in [6, 6.07) is 0.557. The largest absolute Gasteiger partial charge is 0.377 e. The van der Waals surface area contributed by atoms with E-state index in [2.05, 4.69) is 26.6 Å². The maximum atomic E-state index is 5.64. The lowest BCUT2D eigenvalue weighted by molar-refractivity contribution is -0.00512. The van der Waals surface area contributed by atoms with E-state index in [4.69, 9.17) is 17.0 Å². The molecule has 1 unspecified atom stereocenters. The summed E-state index contributed by atoms with van der Waals surface area (Å²) in [6.45, 7) is 4.09. The average molecular weight is 268 g/mol. The molecule has 2 heterocycles. The van der Waals surface area contributed by atoms with Crippen molar-refractivity contribution in [1.82, 2.24) is 14.8 Å². The van der Waals surface area contributed by atoms with Gasteiger partial charge in [-0.1, -0.05) is 0 Å². The number of methoxy groups -OCH3 is 1. The number of ether oxygens (including phenoxy) is 1. The van der Waals surface area contributed by atoms with Crippen LogP contribution in [0.2, 0.25) is 0 Å². The first-order valence-electron chi connectivity index (χ1n) is 6.60. The van der Waals surface area contributed by atoms with Gasteiger partial charge in [-0.25, -0.2) is 5.10 Å². The summed E-state index contributed by atoms with van der Waals surface area (Å²) in [6.07, 6.45) is 4.68. The van der Waals surface area contributed by atoms with Crippen molar-refractivity contribution >= 4 is 18.2 Å². The summed E-state index contributed by atoms with van der Waals surface area (Å²) >= 11 is 5.33. The molecule has 0 spiro atoms. The lowest BCUT2D eigenvalue weighted by atomic mass is 9.95. The summed E-state index contributed by atoms with van der Waals surface area (Å²) in [5.74, 6) is 0.991. The van der Waals surface area contributed by atoms with Crippen LogP contribution in [-0.2, 0) is 4.74 Å². The summed E-state index contributed by atoms with van der Waals surface area (Å²) < 4.78 is 8.56. The molecule has 5 nitrogen and oxygen atoms in total. The number of piperidine rings is 1. The van der Waals surface area contributed by atoms with Crippen molar-refractivity contribution in [1.29, 1.82) is 0 Å². The van der Waals surface area contributed by atoms with Crippen molar-refractivity contribution in [2.24, 2.45) is 0 Å². The summed E-state index contributed by atoms with van der Waals surface area (Å²) in [5.41, 5.74) is -0.0692. The van der Waals surface area contributed by atoms with E-state index in [0.717, 1.165) is 36.7 Å². The molecule has 1 aromatic rings. The number of anilines is 1. The molecule has 0 aromatic carbocycles. The molecule has 1 N–H and O–H groups in total. The molecule has 1 aliphatic heterocycles. The second-order valence-electron chi connectivity index (χ2n) is 5.61. The Hall–Kier alpha value is -0.880. The van der Waals surface area contributed by atoms with E-state index in [-0.39, 0.29) is 5.60 Å². The molecule has 1 saturated carbocycles. The van der Waals surface area contributed by atoms with Crippen molar-refractivity contribution in [3.05, 3.63) is 4.77 Å². The van der Waals surface area contributed by atoms with Crippen LogP contribution in [0.1, 0.15) is 38.6 Å². The van der Waals surface area contributed by atoms with Crippen molar-refractivity contribution in [3.8, 4) is 0 Å². The van der Waals surface area contributed by atoms with E-state index in [1.54, 1.807) is 7.11 Å². The number of aromatic nitrogens is 3. The molecule has 18 heavy (non-hydrogen) atoms. The zero-order valence-corrected chi connectivity index (χ0v) is 11.8. The maximum absolute atomic E-state index is 5.64. The van der Waals surface area contributed by atoms with Crippen LogP contribution in [0.4, 0.5) is 5.95 Å². The first kappa shape index (κ1) is 12.2. The number of nitrogens with one attached hydrogen (secondary N) is 1. The fourth-order valence-corrected chi connectivity index (χ4v) is 3.00. The van der Waals surface area contributed by atoms with Gasteiger partial charge in [0.2, 0.25) is 5.95 Å². The standard InChI is InChI=1S/C12H20N4OS/c1-12(17-2)6-3-7-15(8-12)10-13-14-11(18)16(10)9-4-5-9/h9H,3-8H2,1-2H3,(H,14,18). The third-order valence-corrected chi connectivity index (χ3v) is 4.32. The molecule has 0 bridgehead atoms. The summed E-state index contributed by atoms with van der Waals surface area (Å²) in [7, 11) is 1.79. The van der Waals surface area contributed by atoms with Crippen molar-refractivity contribution in [3.63, 3.8) is 0 Å². The Morgan fingerprint density at radius 3 is 2.94 bits per heavy atom. The second-order valence-corrected chi connectivity index (χ2v) is 6.00. The molecule has 2 fully saturated rings. The van der Waals surface area contributed by atoms with Gasteiger partial charge in [0.1, 0.15) is 0 Å². The number of H-pyrrole nitrogens is 1. The van der Waals surface area contributed by atoms with Crippen LogP contribution in [-0.4, -0.2) is 40.6 Å². The van der Waals surface area contributed by atoms with Crippen LogP contribution < -0.4 is 4.90 Å². The average Bonchev–Trinajstić information content (AvgIpc) is 3.13. The minimum absolute atomic E-state index is 0.0692. The molecule has 0 radical (unpaired) electrons. The van der Waals surface area contributed by atoms with Crippen LogP contribution in [0, 0.1) is 4.77 Å². The Kier molecular flexibility index (Phi) is 2.94. The van der Waals surface area contributed by atoms with Gasteiger partial charge in [0, 0.05) is 26.2 Å².